The number of carbonyl (C=O) groups is 1. The molecule has 1 saturated heterocycles. The van der Waals surface area contributed by atoms with Crippen LogP contribution >= 0.6 is 0 Å². The molecule has 7 nitrogen and oxygen atoms in total. The third kappa shape index (κ3) is 3.75. The standard InChI is InChI=1S/C17H23N3O4/c1-17(2)23-11-14(24-17)13(10-21)19-15(22)6-9-20-8-5-12-4-3-7-18-16(12)20/h3-5,7-8,13-14,21H,6,9-11H2,1-2H3,(H,19,22)/t13-,14-/m1/s1. The quantitative estimate of drug-likeness (QED) is 0.825. The fourth-order valence-corrected chi connectivity index (χ4v) is 2.87. The second kappa shape index (κ2) is 6.88. The van der Waals surface area contributed by atoms with Crippen LogP contribution in [0.1, 0.15) is 20.3 Å². The van der Waals surface area contributed by atoms with Gasteiger partial charge >= 0.3 is 0 Å². The van der Waals surface area contributed by atoms with E-state index in [1.54, 1.807) is 6.20 Å². The Hall–Kier alpha value is -1.96. The number of nitrogens with zero attached hydrogens (tertiary/aromatic N) is 2. The van der Waals surface area contributed by atoms with Gasteiger partial charge in [-0.3, -0.25) is 4.79 Å². The van der Waals surface area contributed by atoms with E-state index in [1.165, 1.54) is 0 Å². The second-order valence-corrected chi connectivity index (χ2v) is 6.40. The first-order valence-electron chi connectivity index (χ1n) is 8.10. The smallest absolute Gasteiger partial charge is 0.222 e. The molecule has 0 aromatic carbocycles. The molecule has 3 rings (SSSR count). The third-order valence-corrected chi connectivity index (χ3v) is 4.12. The van der Waals surface area contributed by atoms with E-state index >= 15 is 0 Å². The molecule has 1 fully saturated rings. The number of ether oxygens (including phenoxy) is 2. The number of rotatable bonds is 6. The Morgan fingerprint density at radius 1 is 1.54 bits per heavy atom. The largest absolute Gasteiger partial charge is 0.394 e. The zero-order chi connectivity index (χ0) is 17.2. The van der Waals surface area contributed by atoms with Crippen molar-refractivity contribution in [2.75, 3.05) is 13.2 Å². The van der Waals surface area contributed by atoms with Gasteiger partial charge < -0.3 is 24.5 Å². The van der Waals surface area contributed by atoms with Crippen LogP contribution in [-0.4, -0.2) is 51.7 Å². The molecular formula is C17H23N3O4. The number of amides is 1. The van der Waals surface area contributed by atoms with E-state index in [0.717, 1.165) is 11.0 Å². The fourth-order valence-electron chi connectivity index (χ4n) is 2.87. The molecule has 0 spiro atoms. The summed E-state index contributed by atoms with van der Waals surface area (Å²) in [5.41, 5.74) is 0.860. The summed E-state index contributed by atoms with van der Waals surface area (Å²) in [5.74, 6) is -0.821. The van der Waals surface area contributed by atoms with Gasteiger partial charge in [0.1, 0.15) is 11.8 Å². The Bertz CT molecular complexity index is 713. The van der Waals surface area contributed by atoms with Crippen molar-refractivity contribution in [2.45, 2.75) is 44.7 Å². The predicted octanol–water partition coefficient (Wildman–Crippen LogP) is 1.05. The van der Waals surface area contributed by atoms with E-state index in [0.29, 0.717) is 19.6 Å². The molecule has 2 aromatic heterocycles. The van der Waals surface area contributed by atoms with Gasteiger partial charge in [-0.2, -0.15) is 0 Å². The van der Waals surface area contributed by atoms with Gasteiger partial charge in [0.15, 0.2) is 5.79 Å². The molecule has 2 atom stereocenters. The molecule has 0 bridgehead atoms. The number of carbonyl (C=O) groups excluding carboxylic acids is 1. The van der Waals surface area contributed by atoms with E-state index < -0.39 is 11.8 Å². The molecule has 0 saturated carbocycles. The number of fused-ring (bicyclic) bond motifs is 1. The number of nitrogens with one attached hydrogen (secondary N) is 1. The summed E-state index contributed by atoms with van der Waals surface area (Å²) in [7, 11) is 0. The molecule has 1 amide bonds. The topological polar surface area (TPSA) is 85.6 Å². The number of pyridine rings is 1. The van der Waals surface area contributed by atoms with Gasteiger partial charge in [0.05, 0.1) is 19.3 Å². The lowest BCUT2D eigenvalue weighted by Gasteiger charge is -2.23. The maximum atomic E-state index is 12.2. The van der Waals surface area contributed by atoms with Crippen LogP contribution < -0.4 is 5.32 Å². The van der Waals surface area contributed by atoms with Crippen molar-refractivity contribution >= 4 is 16.9 Å². The summed E-state index contributed by atoms with van der Waals surface area (Å²) in [6, 6.07) is 5.37. The summed E-state index contributed by atoms with van der Waals surface area (Å²) in [4.78, 5) is 16.5. The van der Waals surface area contributed by atoms with Crippen LogP contribution in [-0.2, 0) is 20.8 Å². The highest BCUT2D eigenvalue weighted by Crippen LogP contribution is 2.24. The van der Waals surface area contributed by atoms with Crippen LogP contribution in [0.3, 0.4) is 0 Å². The second-order valence-electron chi connectivity index (χ2n) is 6.40. The molecule has 0 unspecified atom stereocenters. The van der Waals surface area contributed by atoms with Crippen molar-refractivity contribution in [2.24, 2.45) is 0 Å². The first kappa shape index (κ1) is 16.9. The SMILES string of the molecule is CC1(C)OC[C@H]([C@@H](CO)NC(=O)CCn2ccc3cccnc32)O1. The number of aromatic nitrogens is 2. The molecule has 0 radical (unpaired) electrons. The van der Waals surface area contributed by atoms with Gasteiger partial charge in [-0.1, -0.05) is 0 Å². The highest BCUT2D eigenvalue weighted by Gasteiger charge is 2.37. The lowest BCUT2D eigenvalue weighted by atomic mass is 10.1. The van der Waals surface area contributed by atoms with Crippen LogP contribution in [0.5, 0.6) is 0 Å². The Kier molecular flexibility index (Phi) is 4.84. The van der Waals surface area contributed by atoms with E-state index in [9.17, 15) is 9.90 Å². The molecule has 2 N–H and O–H groups in total. The highest BCUT2D eigenvalue weighted by molar-refractivity contribution is 5.78. The summed E-state index contributed by atoms with van der Waals surface area (Å²) in [6.45, 7) is 4.31. The van der Waals surface area contributed by atoms with Crippen molar-refractivity contribution in [1.82, 2.24) is 14.9 Å². The van der Waals surface area contributed by atoms with Crippen LogP contribution in [0, 0.1) is 0 Å². The molecule has 0 aliphatic carbocycles. The van der Waals surface area contributed by atoms with Crippen molar-refractivity contribution in [3.63, 3.8) is 0 Å². The summed E-state index contributed by atoms with van der Waals surface area (Å²) in [5, 5.41) is 13.4. The number of hydrogen-bond donors (Lipinski definition) is 2. The van der Waals surface area contributed by atoms with Gasteiger partial charge in [-0.05, 0) is 32.0 Å². The Balaban J connectivity index is 1.55. The van der Waals surface area contributed by atoms with E-state index in [-0.39, 0.29) is 18.6 Å². The minimum Gasteiger partial charge on any atom is -0.394 e. The van der Waals surface area contributed by atoms with E-state index in [2.05, 4.69) is 10.3 Å². The van der Waals surface area contributed by atoms with Crippen molar-refractivity contribution in [3.8, 4) is 0 Å². The van der Waals surface area contributed by atoms with Crippen LogP contribution in [0.4, 0.5) is 0 Å². The van der Waals surface area contributed by atoms with Gasteiger partial charge in [0.25, 0.3) is 0 Å². The van der Waals surface area contributed by atoms with Crippen LogP contribution in [0.2, 0.25) is 0 Å². The lowest BCUT2D eigenvalue weighted by molar-refractivity contribution is -0.145. The molecule has 2 aromatic rings. The van der Waals surface area contributed by atoms with Crippen LogP contribution in [0.15, 0.2) is 30.6 Å². The summed E-state index contributed by atoms with van der Waals surface area (Å²) in [6.07, 6.45) is 3.61. The van der Waals surface area contributed by atoms with Crippen LogP contribution in [0.25, 0.3) is 11.0 Å². The third-order valence-electron chi connectivity index (χ3n) is 4.12. The zero-order valence-corrected chi connectivity index (χ0v) is 13.9. The molecule has 1 aliphatic heterocycles. The molecular weight excluding hydrogens is 310 g/mol. The summed E-state index contributed by atoms with van der Waals surface area (Å²) >= 11 is 0. The van der Waals surface area contributed by atoms with Crippen molar-refractivity contribution < 1.29 is 19.4 Å². The van der Waals surface area contributed by atoms with E-state index in [4.69, 9.17) is 9.47 Å². The number of hydrogen-bond acceptors (Lipinski definition) is 5. The Morgan fingerprint density at radius 2 is 2.38 bits per heavy atom. The summed E-state index contributed by atoms with van der Waals surface area (Å²) < 4.78 is 13.1. The van der Waals surface area contributed by atoms with E-state index in [1.807, 2.05) is 42.8 Å². The van der Waals surface area contributed by atoms with Gasteiger partial charge in [-0.25, -0.2) is 4.98 Å². The van der Waals surface area contributed by atoms with Crippen molar-refractivity contribution in [3.05, 3.63) is 30.6 Å². The van der Waals surface area contributed by atoms with Gasteiger partial charge in [0.2, 0.25) is 5.91 Å². The average molecular weight is 333 g/mol. The maximum Gasteiger partial charge on any atom is 0.222 e. The zero-order valence-electron chi connectivity index (χ0n) is 13.9. The minimum absolute atomic E-state index is 0.139. The predicted molar refractivity (Wildman–Crippen MR) is 88.3 cm³/mol. The monoisotopic (exact) mass is 333 g/mol. The number of aliphatic hydroxyl groups is 1. The molecule has 130 valence electrons. The molecule has 7 heteroatoms. The Morgan fingerprint density at radius 3 is 3.08 bits per heavy atom. The molecule has 3 heterocycles. The Labute approximate surface area is 140 Å². The first-order chi connectivity index (χ1) is 11.5. The average Bonchev–Trinajstić information content (AvgIpc) is 3.13. The lowest BCUT2D eigenvalue weighted by Crippen LogP contribution is -2.47. The minimum atomic E-state index is -0.682. The normalized spacial score (nSPS) is 21.0. The number of aliphatic hydroxyl groups excluding tert-OH is 1. The van der Waals surface area contributed by atoms with Crippen molar-refractivity contribution in [1.29, 1.82) is 0 Å². The maximum absolute atomic E-state index is 12.2. The first-order valence-corrected chi connectivity index (χ1v) is 8.10. The molecule has 1 aliphatic rings. The highest BCUT2D eigenvalue weighted by atomic mass is 16.7. The number of aryl methyl sites for hydroxylation is 1. The fraction of sp³-hybridized carbons (Fsp3) is 0.529. The molecule has 24 heavy (non-hydrogen) atoms. The van der Waals surface area contributed by atoms with Gasteiger partial charge in [0, 0.05) is 30.7 Å². The van der Waals surface area contributed by atoms with Gasteiger partial charge in [-0.15, -0.1) is 0 Å².